The lowest BCUT2D eigenvalue weighted by Crippen LogP contribution is -2.16. The Labute approximate surface area is 111 Å². The summed E-state index contributed by atoms with van der Waals surface area (Å²) in [5.41, 5.74) is 3.16. The highest BCUT2D eigenvalue weighted by Crippen LogP contribution is 2.29. The fourth-order valence-electron chi connectivity index (χ4n) is 2.08. The van der Waals surface area contributed by atoms with Gasteiger partial charge < -0.3 is 4.74 Å². The monoisotopic (exact) mass is 250 g/mol. The normalized spacial score (nSPS) is 13.3. The largest absolute Gasteiger partial charge is 0.497 e. The molecule has 2 aromatic carbocycles. The maximum absolute atomic E-state index is 12.0. The van der Waals surface area contributed by atoms with Gasteiger partial charge in [0, 0.05) is 11.1 Å². The molecule has 1 amide bonds. The number of benzene rings is 2. The quantitative estimate of drug-likeness (QED) is 0.822. The number of para-hydroxylation sites is 1. The van der Waals surface area contributed by atoms with Crippen LogP contribution in [0.25, 0.3) is 11.6 Å². The third-order valence-corrected chi connectivity index (χ3v) is 3.09. The summed E-state index contributed by atoms with van der Waals surface area (Å²) in [4.78, 5) is 12.0. The summed E-state index contributed by atoms with van der Waals surface area (Å²) in [7, 11) is 1.62. The van der Waals surface area contributed by atoms with Gasteiger partial charge in [-0.3, -0.25) is 4.79 Å². The zero-order valence-corrected chi connectivity index (χ0v) is 10.5. The van der Waals surface area contributed by atoms with Crippen LogP contribution in [0.4, 0.5) is 5.69 Å². The molecule has 0 unspecified atom stereocenters. The number of hydrogen-bond acceptors (Lipinski definition) is 2. The summed E-state index contributed by atoms with van der Waals surface area (Å²) in [5.74, 6) is 0.564. The number of ether oxygens (including phenoxy) is 1. The van der Waals surface area contributed by atoms with Crippen LogP contribution in [0, 0.1) is 0 Å². The zero-order chi connectivity index (χ0) is 13.2. The Kier molecular flexibility index (Phi) is 2.80. The summed E-state index contributed by atoms with van der Waals surface area (Å²) in [6.45, 7) is 0. The van der Waals surface area contributed by atoms with Crippen LogP contribution in [-0.4, -0.2) is 13.0 Å². The number of carbonyl (C=O) groups excluding carboxylic acids is 1. The zero-order valence-electron chi connectivity index (χ0n) is 10.5. The molecule has 3 heteroatoms. The third kappa shape index (κ3) is 2.10. The van der Waals surface area contributed by atoms with Crippen LogP contribution < -0.4 is 10.1 Å². The number of hydrogen-bond donors (Lipinski definition) is 0. The van der Waals surface area contributed by atoms with Gasteiger partial charge in [0.15, 0.2) is 0 Å². The first-order chi connectivity index (χ1) is 9.28. The predicted molar refractivity (Wildman–Crippen MR) is 74.1 cm³/mol. The van der Waals surface area contributed by atoms with Gasteiger partial charge in [-0.1, -0.05) is 30.3 Å². The van der Waals surface area contributed by atoms with Crippen LogP contribution in [0.2, 0.25) is 0 Å². The van der Waals surface area contributed by atoms with Crippen molar-refractivity contribution >= 4 is 23.2 Å². The second-order valence-electron chi connectivity index (χ2n) is 4.26. The van der Waals surface area contributed by atoms with E-state index in [1.54, 1.807) is 7.11 Å². The van der Waals surface area contributed by atoms with Crippen molar-refractivity contribution in [2.24, 2.45) is 0 Å². The second-order valence-corrected chi connectivity index (χ2v) is 4.26. The van der Waals surface area contributed by atoms with Crippen LogP contribution in [0.1, 0.15) is 11.1 Å². The van der Waals surface area contributed by atoms with Crippen LogP contribution >= 0.6 is 0 Å². The van der Waals surface area contributed by atoms with Crippen molar-refractivity contribution in [1.29, 1.82) is 0 Å². The van der Waals surface area contributed by atoms with Gasteiger partial charge >= 0.3 is 0 Å². The van der Waals surface area contributed by atoms with E-state index in [2.05, 4.69) is 5.32 Å². The molecule has 0 fully saturated rings. The minimum absolute atomic E-state index is 0.205. The third-order valence-electron chi connectivity index (χ3n) is 3.09. The Hall–Kier alpha value is -2.55. The lowest BCUT2D eigenvalue weighted by Gasteiger charge is -2.15. The average Bonchev–Trinajstić information content (AvgIpc) is 2.47. The highest BCUT2D eigenvalue weighted by molar-refractivity contribution is 6.27. The van der Waals surface area contributed by atoms with Crippen molar-refractivity contribution < 1.29 is 9.53 Å². The highest BCUT2D eigenvalue weighted by atomic mass is 16.5. The molecule has 0 saturated heterocycles. The van der Waals surface area contributed by atoms with Crippen molar-refractivity contribution in [1.82, 2.24) is 5.32 Å². The van der Waals surface area contributed by atoms with Gasteiger partial charge in [0.2, 0.25) is 0 Å². The Morgan fingerprint density at radius 3 is 2.47 bits per heavy atom. The molecular weight excluding hydrogens is 238 g/mol. The number of nitrogens with zero attached hydrogens (tertiary/aromatic N) is 1. The molecule has 0 N–H and O–H groups in total. The first-order valence-corrected chi connectivity index (χ1v) is 5.99. The summed E-state index contributed by atoms with van der Waals surface area (Å²) in [6, 6.07) is 15.0. The Morgan fingerprint density at radius 1 is 1.00 bits per heavy atom. The Balaban J connectivity index is 2.04. The number of fused-ring (bicyclic) bond motifs is 1. The molecule has 0 aliphatic carbocycles. The van der Waals surface area contributed by atoms with Gasteiger partial charge in [0.05, 0.1) is 12.8 Å². The molecular formula is C16H12NO2. The fraction of sp³-hybridized carbons (Fsp3) is 0.0625. The van der Waals surface area contributed by atoms with E-state index < -0.39 is 0 Å². The summed E-state index contributed by atoms with van der Waals surface area (Å²) < 4.78 is 5.11. The lowest BCUT2D eigenvalue weighted by atomic mass is 9.98. The number of methoxy groups -OCH3 is 1. The predicted octanol–water partition coefficient (Wildman–Crippen LogP) is 3.01. The van der Waals surface area contributed by atoms with Gasteiger partial charge in [-0.25, -0.2) is 5.32 Å². The van der Waals surface area contributed by atoms with Gasteiger partial charge in [-0.15, -0.1) is 0 Å². The van der Waals surface area contributed by atoms with Crippen LogP contribution in [-0.2, 0) is 4.79 Å². The average molecular weight is 250 g/mol. The van der Waals surface area contributed by atoms with Gasteiger partial charge in [0.1, 0.15) is 5.75 Å². The number of carbonyl (C=O) groups is 1. The van der Waals surface area contributed by atoms with Gasteiger partial charge in [0.25, 0.3) is 5.91 Å². The molecule has 1 aliphatic heterocycles. The molecule has 93 valence electrons. The smallest absolute Gasteiger partial charge is 0.278 e. The first-order valence-electron chi connectivity index (χ1n) is 5.99. The molecule has 0 saturated carbocycles. The Bertz CT molecular complexity index is 657. The van der Waals surface area contributed by atoms with Crippen molar-refractivity contribution in [3.8, 4) is 5.75 Å². The van der Waals surface area contributed by atoms with Gasteiger partial charge in [-0.2, -0.15) is 0 Å². The van der Waals surface area contributed by atoms with Crippen molar-refractivity contribution in [3.05, 3.63) is 59.7 Å². The highest BCUT2D eigenvalue weighted by Gasteiger charge is 2.20. The molecule has 3 rings (SSSR count). The van der Waals surface area contributed by atoms with E-state index in [-0.39, 0.29) is 5.91 Å². The number of amides is 1. The van der Waals surface area contributed by atoms with E-state index in [0.717, 1.165) is 22.6 Å². The van der Waals surface area contributed by atoms with Crippen molar-refractivity contribution in [2.75, 3.05) is 7.11 Å². The molecule has 0 spiro atoms. The minimum atomic E-state index is -0.205. The fourth-order valence-corrected chi connectivity index (χ4v) is 2.08. The molecule has 2 aromatic rings. The molecule has 1 heterocycles. The van der Waals surface area contributed by atoms with Crippen LogP contribution in [0.15, 0.2) is 48.5 Å². The minimum Gasteiger partial charge on any atom is -0.497 e. The van der Waals surface area contributed by atoms with Crippen molar-refractivity contribution in [2.45, 2.75) is 0 Å². The van der Waals surface area contributed by atoms with E-state index in [1.165, 1.54) is 0 Å². The topological polar surface area (TPSA) is 40.4 Å². The molecule has 0 aromatic heterocycles. The molecule has 1 radical (unpaired) electrons. The van der Waals surface area contributed by atoms with E-state index in [1.807, 2.05) is 54.6 Å². The number of rotatable bonds is 2. The second kappa shape index (κ2) is 4.61. The van der Waals surface area contributed by atoms with Crippen LogP contribution in [0.5, 0.6) is 5.75 Å². The van der Waals surface area contributed by atoms with Gasteiger partial charge in [-0.05, 0) is 29.8 Å². The van der Waals surface area contributed by atoms with Crippen molar-refractivity contribution in [3.63, 3.8) is 0 Å². The standard InChI is InChI=1S/C16H12NO2/c1-19-13-8-6-11(7-9-13)14-10-12-4-2-3-5-15(12)17-16(14)18/h2-10H,1H3. The lowest BCUT2D eigenvalue weighted by molar-refractivity contribution is -0.114. The summed E-state index contributed by atoms with van der Waals surface area (Å²) in [6.07, 6.45) is 1.88. The summed E-state index contributed by atoms with van der Waals surface area (Å²) in [5, 5.41) is 4.11. The first kappa shape index (κ1) is 11.5. The molecule has 19 heavy (non-hydrogen) atoms. The van der Waals surface area contributed by atoms with E-state index >= 15 is 0 Å². The SMILES string of the molecule is COc1ccc(C2=Cc3ccccc3[N]C2=O)cc1. The van der Waals surface area contributed by atoms with E-state index in [4.69, 9.17) is 4.74 Å². The molecule has 0 atom stereocenters. The Morgan fingerprint density at radius 2 is 1.74 bits per heavy atom. The van der Waals surface area contributed by atoms with E-state index in [0.29, 0.717) is 5.57 Å². The summed E-state index contributed by atoms with van der Waals surface area (Å²) >= 11 is 0. The van der Waals surface area contributed by atoms with E-state index in [9.17, 15) is 4.79 Å². The molecule has 1 aliphatic rings. The maximum atomic E-state index is 12.0. The van der Waals surface area contributed by atoms with Crippen LogP contribution in [0.3, 0.4) is 0 Å². The molecule has 3 nitrogen and oxygen atoms in total. The maximum Gasteiger partial charge on any atom is 0.278 e. The molecule has 0 bridgehead atoms.